The highest BCUT2D eigenvalue weighted by atomic mass is 19.4. The second-order valence-corrected chi connectivity index (χ2v) is 17.1. The largest absolute Gasteiger partial charge is 0.475 e. The van der Waals surface area contributed by atoms with E-state index in [4.69, 9.17) is 15.4 Å². The number of rotatable bonds is 14. The van der Waals surface area contributed by atoms with Crippen LogP contribution in [0.4, 0.5) is 58.7 Å². The first kappa shape index (κ1) is 52.6. The number of aryl methyl sites for hydroxylation is 3. The van der Waals surface area contributed by atoms with Crippen LogP contribution in [0.2, 0.25) is 0 Å². The van der Waals surface area contributed by atoms with E-state index in [1.165, 1.54) is 18.7 Å². The molecule has 75 heavy (non-hydrogen) atoms. The quantitative estimate of drug-likeness (QED) is 0.0604. The van der Waals surface area contributed by atoms with Crippen molar-refractivity contribution < 1.29 is 58.9 Å². The van der Waals surface area contributed by atoms with E-state index in [1.807, 2.05) is 0 Å². The number of benzene rings is 2. The van der Waals surface area contributed by atoms with Crippen molar-refractivity contribution in [2.45, 2.75) is 82.1 Å². The summed E-state index contributed by atoms with van der Waals surface area (Å²) < 4.78 is 119. The number of nitrogens with two attached hydrogens (primary N) is 1. The molecule has 0 aliphatic heterocycles. The van der Waals surface area contributed by atoms with E-state index in [2.05, 4.69) is 75.5 Å². The molecule has 0 unspecified atom stereocenters. The highest BCUT2D eigenvalue weighted by molar-refractivity contribution is 5.92. The minimum absolute atomic E-state index is 0.106. The van der Waals surface area contributed by atoms with Gasteiger partial charge in [-0.25, -0.2) is 33.5 Å². The van der Waals surface area contributed by atoms with Gasteiger partial charge in [0.05, 0.1) is 11.1 Å². The van der Waals surface area contributed by atoms with E-state index in [0.29, 0.717) is 34.3 Å². The third-order valence-corrected chi connectivity index (χ3v) is 12.1. The Morgan fingerprint density at radius 2 is 1.11 bits per heavy atom. The van der Waals surface area contributed by atoms with Gasteiger partial charge in [-0.1, -0.05) is 17.3 Å². The standard InChI is InChI=1S/C23H20F4N8O2.C15H16FN7.C7H5F3N2O3/c1-12-13(4-6-15(36)19-31-20(37-34-19)22(8-9-22)23(25,26)27)3-5-14(17(12)24)18-28-11-29-21(32-18)30-16-7-10-35(2)33-16;1-9-10(7-17)3-4-11(13(9)16)14-18-8-19-15(21-14)20-12-5-6-23(2)22-12;8-7(9,10)6(1-2-6)5-11-3(4(13)14)12-15-5/h3,5,7,10-11H,4,6,8-9H2,1-2H3,(H,28,29,30,32,33);3-6,8H,7,17H2,1-2H3,(H,18,19,20,21,22);1-2H2,(H,13,14). The van der Waals surface area contributed by atoms with Crippen LogP contribution in [0.5, 0.6) is 0 Å². The van der Waals surface area contributed by atoms with Crippen molar-refractivity contribution in [2.75, 3.05) is 10.6 Å². The van der Waals surface area contributed by atoms with Crippen molar-refractivity contribution in [2.24, 2.45) is 19.8 Å². The van der Waals surface area contributed by atoms with Gasteiger partial charge in [0.25, 0.3) is 5.82 Å². The summed E-state index contributed by atoms with van der Waals surface area (Å²) in [5, 5.41) is 29.0. The lowest BCUT2D eigenvalue weighted by Crippen LogP contribution is -2.29. The summed E-state index contributed by atoms with van der Waals surface area (Å²) in [6.45, 7) is 3.53. The van der Waals surface area contributed by atoms with Crippen LogP contribution < -0.4 is 16.4 Å². The fraction of sp³-hybridized carbons (Fsp3) is 0.333. The topological polar surface area (TPSA) is 295 Å². The molecule has 2 fully saturated rings. The molecule has 0 bridgehead atoms. The Morgan fingerprint density at radius 3 is 1.51 bits per heavy atom. The molecule has 2 saturated carbocycles. The Labute approximate surface area is 417 Å². The predicted octanol–water partition coefficient (Wildman–Crippen LogP) is 7.54. The van der Waals surface area contributed by atoms with E-state index in [9.17, 15) is 40.3 Å². The molecule has 22 nitrogen and oxygen atoms in total. The maximum Gasteiger partial charge on any atom is 0.403 e. The van der Waals surface area contributed by atoms with Crippen molar-refractivity contribution in [3.05, 3.63) is 119 Å². The van der Waals surface area contributed by atoms with E-state index >= 15 is 4.39 Å². The number of carboxylic acids is 1. The first-order valence-electron chi connectivity index (χ1n) is 22.3. The third-order valence-electron chi connectivity index (χ3n) is 12.1. The number of halogens is 8. The van der Waals surface area contributed by atoms with Crippen LogP contribution in [-0.2, 0) is 37.9 Å². The number of alkyl halides is 6. The van der Waals surface area contributed by atoms with Crippen LogP contribution in [0.25, 0.3) is 22.8 Å². The number of hydrogen-bond donors (Lipinski definition) is 4. The summed E-state index contributed by atoms with van der Waals surface area (Å²) in [4.78, 5) is 54.4. The molecular weight excluding hydrogens is 1010 g/mol. The minimum atomic E-state index is -4.52. The summed E-state index contributed by atoms with van der Waals surface area (Å²) >= 11 is 0. The van der Waals surface area contributed by atoms with Crippen molar-refractivity contribution >= 4 is 35.3 Å². The Balaban J connectivity index is 0.000000166. The fourth-order valence-corrected chi connectivity index (χ4v) is 7.34. The zero-order chi connectivity index (χ0) is 54.0. The van der Waals surface area contributed by atoms with Gasteiger partial charge in [0.2, 0.25) is 35.3 Å². The maximum atomic E-state index is 15.2. The summed E-state index contributed by atoms with van der Waals surface area (Å²) in [6.07, 6.45) is -3.49. The number of anilines is 4. The van der Waals surface area contributed by atoms with Crippen LogP contribution in [0.15, 0.2) is 70.5 Å². The molecule has 6 aromatic heterocycles. The highest BCUT2D eigenvalue weighted by Gasteiger charge is 2.69. The summed E-state index contributed by atoms with van der Waals surface area (Å²) in [5.41, 5.74) is 3.85. The zero-order valence-corrected chi connectivity index (χ0v) is 39.7. The molecule has 2 aromatic carbocycles. The Bertz CT molecular complexity index is 3380. The average molecular weight is 1050 g/mol. The van der Waals surface area contributed by atoms with Crippen LogP contribution in [-0.4, -0.2) is 99.0 Å². The fourth-order valence-electron chi connectivity index (χ4n) is 7.34. The summed E-state index contributed by atoms with van der Waals surface area (Å²) in [5.74, 6) is -3.52. The summed E-state index contributed by atoms with van der Waals surface area (Å²) in [6, 6.07) is 10.0. The van der Waals surface area contributed by atoms with Gasteiger partial charge in [-0.15, -0.1) is 0 Å². The molecule has 0 amide bonds. The van der Waals surface area contributed by atoms with Gasteiger partial charge in [-0.2, -0.15) is 56.5 Å². The summed E-state index contributed by atoms with van der Waals surface area (Å²) in [7, 11) is 3.56. The number of nitrogens with one attached hydrogen (secondary N) is 2. The number of carbonyl (C=O) groups excluding carboxylic acids is 1. The minimum Gasteiger partial charge on any atom is -0.475 e. The number of ketones is 1. The smallest absolute Gasteiger partial charge is 0.403 e. The lowest BCUT2D eigenvalue weighted by Gasteiger charge is -2.13. The van der Waals surface area contributed by atoms with E-state index in [-0.39, 0.29) is 79.6 Å². The first-order chi connectivity index (χ1) is 35.5. The number of carbonyl (C=O) groups is 2. The second kappa shape index (κ2) is 20.7. The Kier molecular flexibility index (Phi) is 14.5. The van der Waals surface area contributed by atoms with Gasteiger partial charge in [0.15, 0.2) is 23.3 Å². The van der Waals surface area contributed by atoms with E-state index in [1.54, 1.807) is 80.0 Å². The van der Waals surface area contributed by atoms with Gasteiger partial charge >= 0.3 is 18.3 Å². The average Bonchev–Trinajstić information content (AvgIpc) is 4.11. The molecule has 30 heteroatoms. The van der Waals surface area contributed by atoms with Crippen molar-refractivity contribution in [3.8, 4) is 22.8 Å². The number of nitrogens with zero attached hydrogens (tertiary/aromatic N) is 14. The normalized spacial score (nSPS) is 14.3. The Hall–Kier alpha value is -8.70. The number of Topliss-reactive ketones (excluding diaryl/α,β-unsaturated/α-hetero) is 1. The van der Waals surface area contributed by atoms with Crippen LogP contribution >= 0.6 is 0 Å². The van der Waals surface area contributed by atoms with Crippen molar-refractivity contribution in [1.29, 1.82) is 0 Å². The number of carboxylic acid groups (broad SMARTS) is 1. The SMILES string of the molecule is Cc1c(CCC(=O)c2noc(C3(C(F)(F)F)CC3)n2)ccc(-c2ncnc(Nc3ccn(C)n3)n2)c1F.Cc1c(CN)ccc(-c2ncnc(Nc3ccn(C)n3)n2)c1F.O=C(O)c1noc(C2(C(F)(F)F)CC2)n1. The van der Waals surface area contributed by atoms with Gasteiger partial charge < -0.3 is 30.5 Å². The molecule has 8 aromatic rings. The molecule has 2 aliphatic carbocycles. The molecule has 6 heterocycles. The highest BCUT2D eigenvalue weighted by Crippen LogP contribution is 2.59. The molecule has 0 atom stereocenters. The van der Waals surface area contributed by atoms with Crippen LogP contribution in [0.3, 0.4) is 0 Å². The second-order valence-electron chi connectivity index (χ2n) is 17.1. The maximum absolute atomic E-state index is 15.2. The van der Waals surface area contributed by atoms with Gasteiger partial charge in [-0.05, 0) is 85.5 Å². The van der Waals surface area contributed by atoms with E-state index in [0.717, 1.165) is 5.56 Å². The molecule has 0 radical (unpaired) electrons. The lowest BCUT2D eigenvalue weighted by molar-refractivity contribution is -0.167. The lowest BCUT2D eigenvalue weighted by atomic mass is 9.98. The molecule has 10 rings (SSSR count). The Morgan fingerprint density at radius 1 is 0.667 bits per heavy atom. The molecule has 0 saturated heterocycles. The first-order valence-corrected chi connectivity index (χ1v) is 22.3. The number of aromatic nitrogens is 14. The van der Waals surface area contributed by atoms with Gasteiger partial charge in [-0.3, -0.25) is 14.2 Å². The molecular formula is C45H41F8N17O5. The molecule has 392 valence electrons. The van der Waals surface area contributed by atoms with E-state index < -0.39 is 64.2 Å². The van der Waals surface area contributed by atoms with Crippen LogP contribution in [0, 0.1) is 25.5 Å². The van der Waals surface area contributed by atoms with Gasteiger partial charge in [0.1, 0.15) is 35.1 Å². The van der Waals surface area contributed by atoms with Crippen molar-refractivity contribution in [1.82, 2.24) is 69.7 Å². The van der Waals surface area contributed by atoms with Crippen molar-refractivity contribution in [3.63, 3.8) is 0 Å². The monoisotopic (exact) mass is 1050 g/mol. The molecule has 2 aliphatic rings. The number of hydrogen-bond acceptors (Lipinski definition) is 19. The molecule has 0 spiro atoms. The zero-order valence-electron chi connectivity index (χ0n) is 39.7. The van der Waals surface area contributed by atoms with Crippen LogP contribution in [0.1, 0.15) is 87.4 Å². The third kappa shape index (κ3) is 11.3. The molecule has 5 N–H and O–H groups in total. The predicted molar refractivity (Wildman–Crippen MR) is 243 cm³/mol. The number of aromatic carboxylic acids is 1. The van der Waals surface area contributed by atoms with Gasteiger partial charge in [0, 0.05) is 51.6 Å².